The summed E-state index contributed by atoms with van der Waals surface area (Å²) in [7, 11) is 4.86. The zero-order valence-electron chi connectivity index (χ0n) is 19.5. The molecule has 0 spiro atoms. The predicted octanol–water partition coefficient (Wildman–Crippen LogP) is 4.84. The molecule has 0 aromatic heterocycles. The summed E-state index contributed by atoms with van der Waals surface area (Å²) in [4.78, 5) is 15.5. The average Bonchev–Trinajstić information content (AvgIpc) is 2.86. The van der Waals surface area contributed by atoms with Gasteiger partial charge in [0.1, 0.15) is 6.61 Å². The lowest BCUT2D eigenvalue weighted by Gasteiger charge is -2.38. The number of carbonyl (C=O) groups excluding carboxylic acids is 1. The molecule has 0 bridgehead atoms. The van der Waals surface area contributed by atoms with Gasteiger partial charge in [0, 0.05) is 12.1 Å². The van der Waals surface area contributed by atoms with Crippen LogP contribution in [0, 0.1) is 6.92 Å². The number of fused-ring (bicyclic) bond motifs is 1. The van der Waals surface area contributed by atoms with Gasteiger partial charge in [-0.25, -0.2) is 0 Å². The second-order valence-electron chi connectivity index (χ2n) is 7.95. The first-order chi connectivity index (χ1) is 16.1. The first kappa shape index (κ1) is 22.5. The van der Waals surface area contributed by atoms with E-state index in [1.807, 2.05) is 72.5 Å². The van der Waals surface area contributed by atoms with Crippen LogP contribution in [0.1, 0.15) is 33.1 Å². The Labute approximate surface area is 194 Å². The van der Waals surface area contributed by atoms with Crippen molar-refractivity contribution in [2.24, 2.45) is 0 Å². The zero-order chi connectivity index (χ0) is 23.4. The van der Waals surface area contributed by atoms with E-state index in [1.54, 1.807) is 21.3 Å². The molecule has 0 radical (unpaired) electrons. The molecule has 1 heterocycles. The molecular formula is C27H29NO5. The van der Waals surface area contributed by atoms with E-state index < -0.39 is 0 Å². The molecule has 4 rings (SSSR count). The van der Waals surface area contributed by atoms with Crippen molar-refractivity contribution in [3.63, 3.8) is 0 Å². The Hall–Kier alpha value is -3.67. The number of hydrogen-bond donors (Lipinski definition) is 0. The van der Waals surface area contributed by atoms with Gasteiger partial charge >= 0.3 is 0 Å². The monoisotopic (exact) mass is 447 g/mol. The lowest BCUT2D eigenvalue weighted by atomic mass is 9.91. The minimum atomic E-state index is -0.300. The maximum absolute atomic E-state index is 13.6. The van der Waals surface area contributed by atoms with Crippen molar-refractivity contribution in [2.45, 2.75) is 19.4 Å². The largest absolute Gasteiger partial charge is 0.493 e. The van der Waals surface area contributed by atoms with E-state index >= 15 is 0 Å². The molecule has 3 aromatic carbocycles. The van der Waals surface area contributed by atoms with Crippen molar-refractivity contribution in [3.8, 4) is 23.0 Å². The summed E-state index contributed by atoms with van der Waals surface area (Å²) >= 11 is 0. The van der Waals surface area contributed by atoms with Crippen LogP contribution in [0.15, 0.2) is 60.7 Å². The van der Waals surface area contributed by atoms with E-state index in [2.05, 4.69) is 0 Å². The molecule has 1 amide bonds. The Morgan fingerprint density at radius 1 is 0.879 bits per heavy atom. The molecule has 0 saturated heterocycles. The summed E-state index contributed by atoms with van der Waals surface area (Å²) in [5.74, 6) is 2.58. The van der Waals surface area contributed by atoms with Crippen molar-refractivity contribution < 1.29 is 23.7 Å². The molecule has 1 unspecified atom stereocenters. The molecule has 0 aliphatic carbocycles. The third-order valence-electron chi connectivity index (χ3n) is 6.10. The minimum Gasteiger partial charge on any atom is -0.493 e. The molecule has 0 saturated carbocycles. The summed E-state index contributed by atoms with van der Waals surface area (Å²) in [6.07, 6.45) is 0.721. The number of para-hydroxylation sites is 2. The molecule has 1 atom stereocenters. The Kier molecular flexibility index (Phi) is 6.73. The number of hydrogen-bond acceptors (Lipinski definition) is 5. The molecule has 1 aliphatic rings. The fraction of sp³-hybridized carbons (Fsp3) is 0.296. The van der Waals surface area contributed by atoms with Gasteiger partial charge in [0.25, 0.3) is 5.91 Å². The average molecular weight is 448 g/mol. The highest BCUT2D eigenvalue weighted by atomic mass is 16.5. The van der Waals surface area contributed by atoms with Crippen molar-refractivity contribution in [1.82, 2.24) is 4.90 Å². The Morgan fingerprint density at radius 2 is 1.52 bits per heavy atom. The zero-order valence-corrected chi connectivity index (χ0v) is 19.5. The summed E-state index contributed by atoms with van der Waals surface area (Å²) in [5.41, 5.74) is 3.76. The molecule has 6 nitrogen and oxygen atoms in total. The number of aryl methyl sites for hydroxylation is 1. The van der Waals surface area contributed by atoms with Crippen LogP contribution < -0.4 is 18.9 Å². The highest BCUT2D eigenvalue weighted by Gasteiger charge is 2.34. The second kappa shape index (κ2) is 9.86. The second-order valence-corrected chi connectivity index (χ2v) is 7.95. The number of nitrogens with zero attached hydrogens (tertiary/aromatic N) is 1. The molecule has 3 aromatic rings. The number of benzene rings is 3. The summed E-state index contributed by atoms with van der Waals surface area (Å²) in [6.45, 7) is 2.81. The van der Waals surface area contributed by atoms with Crippen LogP contribution in [0.4, 0.5) is 0 Å². The van der Waals surface area contributed by atoms with Crippen LogP contribution in [-0.2, 0) is 6.42 Å². The maximum atomic E-state index is 13.6. The van der Waals surface area contributed by atoms with Gasteiger partial charge in [0.15, 0.2) is 23.0 Å². The summed E-state index contributed by atoms with van der Waals surface area (Å²) in [5, 5.41) is 0. The van der Waals surface area contributed by atoms with Crippen molar-refractivity contribution in [3.05, 3.63) is 82.9 Å². The fourth-order valence-electron chi connectivity index (χ4n) is 4.33. The predicted molar refractivity (Wildman–Crippen MR) is 127 cm³/mol. The quantitative estimate of drug-likeness (QED) is 0.519. The van der Waals surface area contributed by atoms with Crippen molar-refractivity contribution >= 4 is 5.91 Å². The van der Waals surface area contributed by atoms with Gasteiger partial charge in [0.05, 0.1) is 27.4 Å². The minimum absolute atomic E-state index is 0.0119. The van der Waals surface area contributed by atoms with Crippen LogP contribution in [0.25, 0.3) is 0 Å². The Bertz CT molecular complexity index is 1140. The van der Waals surface area contributed by atoms with Crippen LogP contribution in [-0.4, -0.2) is 45.3 Å². The number of rotatable bonds is 7. The highest BCUT2D eigenvalue weighted by Crippen LogP contribution is 2.39. The molecule has 6 heteroatoms. The molecular weight excluding hydrogens is 418 g/mol. The van der Waals surface area contributed by atoms with Crippen LogP contribution in [0.2, 0.25) is 0 Å². The van der Waals surface area contributed by atoms with Crippen LogP contribution >= 0.6 is 0 Å². The first-order valence-electron chi connectivity index (χ1n) is 10.9. The van der Waals surface area contributed by atoms with E-state index in [9.17, 15) is 4.79 Å². The van der Waals surface area contributed by atoms with Crippen LogP contribution in [0.5, 0.6) is 23.0 Å². The summed E-state index contributed by atoms with van der Waals surface area (Å²) in [6, 6.07) is 18.8. The fourth-order valence-corrected chi connectivity index (χ4v) is 4.33. The lowest BCUT2D eigenvalue weighted by Crippen LogP contribution is -2.42. The molecule has 1 aliphatic heterocycles. The number of ether oxygens (including phenoxy) is 4. The van der Waals surface area contributed by atoms with Gasteiger partial charge in [-0.3, -0.25) is 4.79 Å². The lowest BCUT2D eigenvalue weighted by molar-refractivity contribution is 0.0586. The standard InChI is InChI=1S/C27H29NO5/c1-18-9-5-6-10-20(18)27(29)28-14-13-19-15-25(31-3)26(32-4)16-21(19)22(28)17-33-24-12-8-7-11-23(24)30-2/h5-12,15-16,22H,13-14,17H2,1-4H3. The normalized spacial score (nSPS) is 14.9. The molecule has 0 fully saturated rings. The number of methoxy groups -OCH3 is 3. The highest BCUT2D eigenvalue weighted by molar-refractivity contribution is 5.96. The van der Waals surface area contributed by atoms with Gasteiger partial charge in [-0.05, 0) is 60.4 Å². The molecule has 33 heavy (non-hydrogen) atoms. The molecule has 0 N–H and O–H groups in total. The summed E-state index contributed by atoms with van der Waals surface area (Å²) < 4.78 is 22.7. The third-order valence-corrected chi connectivity index (χ3v) is 6.10. The van der Waals surface area contributed by atoms with E-state index in [0.717, 1.165) is 23.1 Å². The van der Waals surface area contributed by atoms with Gasteiger partial charge in [-0.1, -0.05) is 30.3 Å². The van der Waals surface area contributed by atoms with Gasteiger partial charge in [-0.2, -0.15) is 0 Å². The number of amides is 1. The topological polar surface area (TPSA) is 57.2 Å². The van der Waals surface area contributed by atoms with Crippen molar-refractivity contribution in [2.75, 3.05) is 34.5 Å². The first-order valence-corrected chi connectivity index (χ1v) is 10.9. The third kappa shape index (κ3) is 4.46. The van der Waals surface area contributed by atoms with E-state index in [4.69, 9.17) is 18.9 Å². The van der Waals surface area contributed by atoms with E-state index in [1.165, 1.54) is 0 Å². The van der Waals surface area contributed by atoms with E-state index in [0.29, 0.717) is 35.1 Å². The smallest absolute Gasteiger partial charge is 0.254 e. The van der Waals surface area contributed by atoms with E-state index in [-0.39, 0.29) is 18.6 Å². The Morgan fingerprint density at radius 3 is 2.21 bits per heavy atom. The molecule has 172 valence electrons. The van der Waals surface area contributed by atoms with Crippen molar-refractivity contribution in [1.29, 1.82) is 0 Å². The maximum Gasteiger partial charge on any atom is 0.254 e. The van der Waals surface area contributed by atoms with Gasteiger partial charge in [0.2, 0.25) is 0 Å². The van der Waals surface area contributed by atoms with Crippen LogP contribution in [0.3, 0.4) is 0 Å². The Balaban J connectivity index is 1.73. The SMILES string of the molecule is COc1cc2c(cc1OC)C(COc1ccccc1OC)N(C(=O)c1ccccc1C)CC2. The van der Waals surface area contributed by atoms with Gasteiger partial charge in [-0.15, -0.1) is 0 Å². The number of carbonyl (C=O) groups is 1. The van der Waals surface area contributed by atoms with Gasteiger partial charge < -0.3 is 23.8 Å².